The van der Waals surface area contributed by atoms with Gasteiger partial charge in [0.2, 0.25) is 9.84 Å². The number of sulfone groups is 1. The Labute approximate surface area is 104 Å². The molecule has 4 nitrogen and oxygen atoms in total. The maximum Gasteiger partial charge on any atom is 0.402 e. The molecule has 18 heavy (non-hydrogen) atoms. The van der Waals surface area contributed by atoms with E-state index < -0.39 is 33.1 Å². The average molecular weight is 285 g/mol. The van der Waals surface area contributed by atoms with Crippen molar-refractivity contribution in [3.05, 3.63) is 0 Å². The van der Waals surface area contributed by atoms with E-state index in [1.165, 1.54) is 0 Å². The minimum atomic E-state index is -4.92. The fourth-order valence-corrected chi connectivity index (χ4v) is 3.16. The molecule has 1 rings (SSSR count). The highest BCUT2D eigenvalue weighted by Crippen LogP contribution is 2.45. The zero-order chi connectivity index (χ0) is 13.9. The van der Waals surface area contributed by atoms with Crippen molar-refractivity contribution in [3.63, 3.8) is 0 Å². The molecule has 0 radical (unpaired) electrons. The normalized spacial score (nSPS) is 25.0. The molecular weight excluding hydrogens is 271 g/mol. The molecule has 1 atom stereocenters. The van der Waals surface area contributed by atoms with Gasteiger partial charge in [-0.1, -0.05) is 0 Å². The topological polar surface area (TPSA) is 67.2 Å². The minimum absolute atomic E-state index is 0.0655. The van der Waals surface area contributed by atoms with E-state index in [-0.39, 0.29) is 32.3 Å². The van der Waals surface area contributed by atoms with Crippen LogP contribution in [0, 0.1) is 11.3 Å². The summed E-state index contributed by atoms with van der Waals surface area (Å²) in [5.41, 5.74) is 0. The third-order valence-corrected chi connectivity index (χ3v) is 4.66. The van der Waals surface area contributed by atoms with Crippen LogP contribution in [-0.4, -0.2) is 31.9 Å². The van der Waals surface area contributed by atoms with Crippen molar-refractivity contribution in [1.29, 1.82) is 5.26 Å². The van der Waals surface area contributed by atoms with Crippen LogP contribution in [0.1, 0.15) is 32.1 Å². The summed E-state index contributed by atoms with van der Waals surface area (Å²) in [4.78, 5) is 0. The van der Waals surface area contributed by atoms with Gasteiger partial charge in [-0.05, 0) is 19.3 Å². The number of alkyl halides is 3. The van der Waals surface area contributed by atoms with Crippen LogP contribution in [0.5, 0.6) is 0 Å². The Balaban J connectivity index is 2.73. The van der Waals surface area contributed by atoms with E-state index in [1.54, 1.807) is 6.07 Å². The predicted molar refractivity (Wildman–Crippen MR) is 57.2 cm³/mol. The highest BCUT2D eigenvalue weighted by Gasteiger charge is 2.65. The fraction of sp³-hybridized carbons (Fsp3) is 0.900. The summed E-state index contributed by atoms with van der Waals surface area (Å²) in [5.74, 6) is -4.27. The Morgan fingerprint density at radius 2 is 2.06 bits per heavy atom. The van der Waals surface area contributed by atoms with Crippen LogP contribution in [0.25, 0.3) is 0 Å². The smallest absolute Gasteiger partial charge is 0.340 e. The molecule has 0 spiro atoms. The molecule has 1 unspecified atom stereocenters. The third kappa shape index (κ3) is 2.78. The quantitative estimate of drug-likeness (QED) is 0.701. The molecule has 1 aliphatic rings. The zero-order valence-electron chi connectivity index (χ0n) is 9.66. The van der Waals surface area contributed by atoms with Crippen LogP contribution in [0.15, 0.2) is 0 Å². The molecule has 1 fully saturated rings. The van der Waals surface area contributed by atoms with Gasteiger partial charge in [0.15, 0.2) is 0 Å². The highest BCUT2D eigenvalue weighted by molar-refractivity contribution is 7.92. The van der Waals surface area contributed by atoms with E-state index in [9.17, 15) is 21.6 Å². The van der Waals surface area contributed by atoms with Crippen LogP contribution in [0.3, 0.4) is 0 Å². The molecule has 0 aromatic carbocycles. The van der Waals surface area contributed by atoms with Gasteiger partial charge < -0.3 is 4.74 Å². The molecule has 0 aliphatic carbocycles. The number of unbranched alkanes of at least 4 members (excludes halogenated alkanes) is 2. The molecule has 1 saturated heterocycles. The predicted octanol–water partition coefficient (Wildman–Crippen LogP) is 2.16. The first-order valence-corrected chi connectivity index (χ1v) is 7.22. The van der Waals surface area contributed by atoms with E-state index in [1.807, 2.05) is 0 Å². The fourth-order valence-electron chi connectivity index (χ4n) is 1.69. The van der Waals surface area contributed by atoms with Gasteiger partial charge in [-0.3, -0.25) is 0 Å². The first-order chi connectivity index (χ1) is 8.27. The first kappa shape index (κ1) is 15.2. The van der Waals surface area contributed by atoms with Gasteiger partial charge in [-0.2, -0.15) is 14.0 Å². The molecule has 0 amide bonds. The number of nitrogens with zero attached hydrogens (tertiary/aromatic N) is 1. The maximum atomic E-state index is 13.8. The molecule has 8 heteroatoms. The van der Waals surface area contributed by atoms with Crippen LogP contribution >= 0.6 is 0 Å². The van der Waals surface area contributed by atoms with E-state index in [0.717, 1.165) is 0 Å². The molecule has 0 aromatic heterocycles. The second kappa shape index (κ2) is 5.45. The van der Waals surface area contributed by atoms with Crippen LogP contribution in [0.2, 0.25) is 0 Å². The van der Waals surface area contributed by atoms with Gasteiger partial charge in [0.05, 0.1) is 18.4 Å². The minimum Gasteiger partial charge on any atom is -0.340 e. The van der Waals surface area contributed by atoms with Gasteiger partial charge in [0, 0.05) is 12.8 Å². The van der Waals surface area contributed by atoms with Gasteiger partial charge in [-0.15, -0.1) is 0 Å². The second-order valence-corrected chi connectivity index (χ2v) is 6.28. The molecule has 1 aliphatic heterocycles. The zero-order valence-corrected chi connectivity index (χ0v) is 10.5. The van der Waals surface area contributed by atoms with Crippen molar-refractivity contribution in [3.8, 4) is 6.07 Å². The van der Waals surface area contributed by atoms with Crippen molar-refractivity contribution in [2.45, 2.75) is 43.2 Å². The molecule has 0 N–H and O–H groups in total. The molecular formula is C10H14F3NO3S. The van der Waals surface area contributed by atoms with Gasteiger partial charge in [0.1, 0.15) is 0 Å². The van der Waals surface area contributed by atoms with E-state index in [0.29, 0.717) is 0 Å². The summed E-state index contributed by atoms with van der Waals surface area (Å²) in [6.07, 6.45) is -0.390. The van der Waals surface area contributed by atoms with E-state index in [4.69, 9.17) is 5.26 Å². The summed E-state index contributed by atoms with van der Waals surface area (Å²) in [6.45, 7) is -0.212. The number of hydrogen-bond acceptors (Lipinski definition) is 4. The maximum absolute atomic E-state index is 13.8. The number of nitriles is 1. The summed E-state index contributed by atoms with van der Waals surface area (Å²) < 4.78 is 68.2. The van der Waals surface area contributed by atoms with Crippen molar-refractivity contribution in [1.82, 2.24) is 0 Å². The van der Waals surface area contributed by atoms with Crippen molar-refractivity contribution < 1.29 is 26.3 Å². The Kier molecular flexibility index (Phi) is 4.61. The Bertz CT molecular complexity index is 424. The lowest BCUT2D eigenvalue weighted by atomic mass is 10.2. The molecule has 1 heterocycles. The number of rotatable bonds is 6. The summed E-state index contributed by atoms with van der Waals surface area (Å²) in [5, 5.41) is 3.70. The lowest BCUT2D eigenvalue weighted by Gasteiger charge is -2.28. The number of hydrogen-bond donors (Lipinski definition) is 0. The molecule has 104 valence electrons. The largest absolute Gasteiger partial charge is 0.402 e. The molecule has 0 aromatic rings. The van der Waals surface area contributed by atoms with Gasteiger partial charge in [0.25, 0.3) is 5.85 Å². The molecule has 0 bridgehead atoms. The van der Waals surface area contributed by atoms with E-state index >= 15 is 0 Å². The standard InChI is InChI=1S/C10H14F3NO3S/c11-9(5-4-7-17-9)10(12,13)18(15,16)8-3-1-2-6-14/h1-5,7-8H2. The highest BCUT2D eigenvalue weighted by atomic mass is 32.2. The summed E-state index contributed by atoms with van der Waals surface area (Å²) in [7, 11) is -4.92. The SMILES string of the molecule is N#CCCCCS(=O)(=O)C(F)(F)C1(F)CCCO1. The van der Waals surface area contributed by atoms with Crippen LogP contribution in [0.4, 0.5) is 13.2 Å². The monoisotopic (exact) mass is 285 g/mol. The van der Waals surface area contributed by atoms with E-state index in [2.05, 4.69) is 4.74 Å². The van der Waals surface area contributed by atoms with Gasteiger partial charge in [-0.25, -0.2) is 12.8 Å². The first-order valence-electron chi connectivity index (χ1n) is 5.57. The molecule has 0 saturated carbocycles. The lowest BCUT2D eigenvalue weighted by molar-refractivity contribution is -0.214. The van der Waals surface area contributed by atoms with Crippen molar-refractivity contribution in [2.24, 2.45) is 0 Å². The average Bonchev–Trinajstić information content (AvgIpc) is 2.73. The van der Waals surface area contributed by atoms with Crippen molar-refractivity contribution >= 4 is 9.84 Å². The number of halogens is 3. The third-order valence-electron chi connectivity index (χ3n) is 2.75. The summed E-state index contributed by atoms with van der Waals surface area (Å²) >= 11 is 0. The Morgan fingerprint density at radius 1 is 1.39 bits per heavy atom. The van der Waals surface area contributed by atoms with Crippen molar-refractivity contribution in [2.75, 3.05) is 12.4 Å². The number of ether oxygens (including phenoxy) is 1. The summed E-state index contributed by atoms with van der Waals surface area (Å²) in [6, 6.07) is 1.77. The van der Waals surface area contributed by atoms with Gasteiger partial charge >= 0.3 is 5.25 Å². The van der Waals surface area contributed by atoms with Crippen LogP contribution < -0.4 is 0 Å². The Hall–Kier alpha value is -0.810. The second-order valence-electron chi connectivity index (χ2n) is 4.13. The van der Waals surface area contributed by atoms with Crippen LogP contribution in [-0.2, 0) is 14.6 Å². The lowest BCUT2D eigenvalue weighted by Crippen LogP contribution is -2.50. The Morgan fingerprint density at radius 3 is 2.56 bits per heavy atom.